The lowest BCUT2D eigenvalue weighted by Gasteiger charge is -2.37. The average Bonchev–Trinajstić information content (AvgIpc) is 3.52. The van der Waals surface area contributed by atoms with Crippen molar-refractivity contribution in [1.82, 2.24) is 4.90 Å². The van der Waals surface area contributed by atoms with Crippen molar-refractivity contribution in [3.05, 3.63) is 59.2 Å². The van der Waals surface area contributed by atoms with E-state index in [2.05, 4.69) is 10.2 Å². The zero-order valence-corrected chi connectivity index (χ0v) is 19.9. The van der Waals surface area contributed by atoms with E-state index in [-0.39, 0.29) is 34.7 Å². The Morgan fingerprint density at radius 1 is 1.03 bits per heavy atom. The number of likely N-dealkylation sites (N-methyl/N-ethyl adjacent to an activating group) is 1. The van der Waals surface area contributed by atoms with Crippen LogP contribution >= 0.6 is 0 Å². The summed E-state index contributed by atoms with van der Waals surface area (Å²) in [6, 6.07) is 12.0. The molecule has 3 atom stereocenters. The van der Waals surface area contributed by atoms with Crippen LogP contribution in [-0.2, 0) is 24.6 Å². The Balaban J connectivity index is 1.56. The molecule has 3 heterocycles. The molecule has 2 aromatic rings. The molecule has 2 aromatic carbocycles. The smallest absolute Gasteiger partial charge is 0.337 e. The van der Waals surface area contributed by atoms with E-state index in [1.807, 2.05) is 24.3 Å². The maximum atomic E-state index is 13.8. The number of methoxy groups -OCH3 is 2. The van der Waals surface area contributed by atoms with Gasteiger partial charge in [0.25, 0.3) is 5.91 Å². The third-order valence-electron chi connectivity index (χ3n) is 7.51. The second-order valence-electron chi connectivity index (χ2n) is 9.20. The largest absolute Gasteiger partial charge is 0.465 e. The molecule has 2 fully saturated rings. The van der Waals surface area contributed by atoms with Gasteiger partial charge in [0, 0.05) is 30.0 Å². The summed E-state index contributed by atoms with van der Waals surface area (Å²) in [5.41, 5.74) is 1.04. The lowest BCUT2D eigenvalue weighted by Crippen LogP contribution is -2.55. The first kappa shape index (κ1) is 23.0. The molecule has 3 aliphatic heterocycles. The summed E-state index contributed by atoms with van der Waals surface area (Å²) in [6.07, 6.45) is 2.44. The maximum Gasteiger partial charge on any atom is 0.337 e. The molecule has 2 saturated heterocycles. The standard InChI is InChI=1S/C26H27N3O6/c1-28-21-9-5-4-8-19(21)26(25(28)33)20(14-18-7-6-10-29(18)26)22(30)27-17-12-15(23(31)34-2)11-16(13-17)24(32)35-3/h4-5,8-9,11-13,18,20H,6-7,10,14H2,1-3H3,(H,27,30). The van der Waals surface area contributed by atoms with Crippen molar-refractivity contribution in [2.24, 2.45) is 5.92 Å². The summed E-state index contributed by atoms with van der Waals surface area (Å²) in [4.78, 5) is 55.9. The average molecular weight is 478 g/mol. The van der Waals surface area contributed by atoms with Crippen LogP contribution in [0.3, 0.4) is 0 Å². The van der Waals surface area contributed by atoms with Crippen LogP contribution in [0.2, 0.25) is 0 Å². The van der Waals surface area contributed by atoms with Gasteiger partial charge in [-0.25, -0.2) is 9.59 Å². The topological polar surface area (TPSA) is 105 Å². The molecule has 9 heteroatoms. The van der Waals surface area contributed by atoms with Crippen molar-refractivity contribution in [2.75, 3.05) is 38.0 Å². The molecule has 1 spiro atoms. The Hall–Kier alpha value is -3.72. The molecule has 182 valence electrons. The molecular weight excluding hydrogens is 450 g/mol. The van der Waals surface area contributed by atoms with E-state index in [9.17, 15) is 19.2 Å². The number of hydrogen-bond donors (Lipinski definition) is 1. The second kappa shape index (κ2) is 8.49. The van der Waals surface area contributed by atoms with Gasteiger partial charge in [-0.1, -0.05) is 18.2 Å². The fraction of sp³-hybridized carbons (Fsp3) is 0.385. The molecule has 5 rings (SSSR count). The van der Waals surface area contributed by atoms with Crippen molar-refractivity contribution < 1.29 is 28.7 Å². The van der Waals surface area contributed by atoms with Gasteiger partial charge in [0.2, 0.25) is 5.91 Å². The van der Waals surface area contributed by atoms with E-state index in [0.717, 1.165) is 30.6 Å². The van der Waals surface area contributed by atoms with E-state index in [1.54, 1.807) is 11.9 Å². The van der Waals surface area contributed by atoms with Crippen LogP contribution in [0.1, 0.15) is 45.5 Å². The third-order valence-corrected chi connectivity index (χ3v) is 7.51. The predicted octanol–water partition coefficient (Wildman–Crippen LogP) is 2.55. The number of amides is 2. The summed E-state index contributed by atoms with van der Waals surface area (Å²) in [7, 11) is 4.22. The van der Waals surface area contributed by atoms with Crippen LogP contribution < -0.4 is 10.2 Å². The Morgan fingerprint density at radius 2 is 1.69 bits per heavy atom. The third kappa shape index (κ3) is 3.33. The number of hydrogen-bond acceptors (Lipinski definition) is 7. The van der Waals surface area contributed by atoms with Crippen LogP contribution in [0, 0.1) is 5.92 Å². The summed E-state index contributed by atoms with van der Waals surface area (Å²) in [6.45, 7) is 0.743. The number of ether oxygens (including phenoxy) is 2. The summed E-state index contributed by atoms with van der Waals surface area (Å²) < 4.78 is 9.59. The molecule has 1 N–H and O–H groups in total. The van der Waals surface area contributed by atoms with E-state index in [4.69, 9.17) is 9.47 Å². The minimum Gasteiger partial charge on any atom is -0.465 e. The first-order chi connectivity index (χ1) is 16.8. The van der Waals surface area contributed by atoms with Gasteiger partial charge in [-0.3, -0.25) is 14.5 Å². The number of rotatable bonds is 4. The van der Waals surface area contributed by atoms with Crippen molar-refractivity contribution in [3.63, 3.8) is 0 Å². The number of esters is 2. The van der Waals surface area contributed by atoms with Gasteiger partial charge in [0.15, 0.2) is 0 Å². The van der Waals surface area contributed by atoms with Crippen molar-refractivity contribution in [3.8, 4) is 0 Å². The summed E-state index contributed by atoms with van der Waals surface area (Å²) in [5.74, 6) is -2.39. The molecule has 0 bridgehead atoms. The first-order valence-corrected chi connectivity index (χ1v) is 11.6. The molecule has 3 unspecified atom stereocenters. The van der Waals surface area contributed by atoms with Gasteiger partial charge in [-0.05, 0) is 50.1 Å². The number of fused-ring (bicyclic) bond motifs is 4. The first-order valence-electron chi connectivity index (χ1n) is 11.6. The van der Waals surface area contributed by atoms with Gasteiger partial charge in [-0.15, -0.1) is 0 Å². The summed E-state index contributed by atoms with van der Waals surface area (Å²) in [5, 5.41) is 2.88. The van der Waals surface area contributed by atoms with E-state index in [1.165, 1.54) is 32.4 Å². The van der Waals surface area contributed by atoms with Gasteiger partial charge >= 0.3 is 11.9 Å². The molecule has 0 aromatic heterocycles. The fourth-order valence-electron chi connectivity index (χ4n) is 6.07. The highest BCUT2D eigenvalue weighted by molar-refractivity contribution is 6.12. The second-order valence-corrected chi connectivity index (χ2v) is 9.20. The quantitative estimate of drug-likeness (QED) is 0.675. The van der Waals surface area contributed by atoms with Crippen LogP contribution in [-0.4, -0.2) is 62.5 Å². The predicted molar refractivity (Wildman–Crippen MR) is 127 cm³/mol. The minimum absolute atomic E-state index is 0.106. The fourth-order valence-corrected chi connectivity index (χ4v) is 6.07. The van der Waals surface area contributed by atoms with Crippen LogP contribution in [0.25, 0.3) is 0 Å². The number of nitrogens with one attached hydrogen (secondary N) is 1. The van der Waals surface area contributed by atoms with E-state index in [0.29, 0.717) is 6.42 Å². The molecule has 3 aliphatic rings. The zero-order valence-electron chi connectivity index (χ0n) is 19.9. The molecule has 0 radical (unpaired) electrons. The molecule has 2 amide bonds. The Labute approximate surface area is 203 Å². The number of para-hydroxylation sites is 1. The van der Waals surface area contributed by atoms with Gasteiger partial charge in [0.05, 0.1) is 31.3 Å². The monoisotopic (exact) mass is 477 g/mol. The Kier molecular flexibility index (Phi) is 5.59. The van der Waals surface area contributed by atoms with Gasteiger partial charge < -0.3 is 19.7 Å². The normalized spacial score (nSPS) is 24.9. The Morgan fingerprint density at radius 3 is 2.34 bits per heavy atom. The molecule has 0 saturated carbocycles. The van der Waals surface area contributed by atoms with Crippen LogP contribution in [0.4, 0.5) is 11.4 Å². The highest BCUT2D eigenvalue weighted by Gasteiger charge is 2.66. The lowest BCUT2D eigenvalue weighted by atomic mass is 9.78. The highest BCUT2D eigenvalue weighted by Crippen LogP contribution is 2.56. The lowest BCUT2D eigenvalue weighted by molar-refractivity contribution is -0.136. The van der Waals surface area contributed by atoms with Crippen LogP contribution in [0.5, 0.6) is 0 Å². The van der Waals surface area contributed by atoms with Gasteiger partial charge in [0.1, 0.15) is 5.54 Å². The van der Waals surface area contributed by atoms with Crippen molar-refractivity contribution in [1.29, 1.82) is 0 Å². The molecular formula is C26H27N3O6. The number of carbonyl (C=O) groups is 4. The number of nitrogens with zero attached hydrogens (tertiary/aromatic N) is 2. The molecule has 35 heavy (non-hydrogen) atoms. The number of anilines is 2. The van der Waals surface area contributed by atoms with Crippen molar-refractivity contribution >= 4 is 35.1 Å². The Bertz CT molecular complexity index is 1210. The number of benzene rings is 2. The highest BCUT2D eigenvalue weighted by atomic mass is 16.5. The minimum atomic E-state index is -1.08. The van der Waals surface area contributed by atoms with Gasteiger partial charge in [-0.2, -0.15) is 0 Å². The van der Waals surface area contributed by atoms with Crippen LogP contribution in [0.15, 0.2) is 42.5 Å². The van der Waals surface area contributed by atoms with Crippen molar-refractivity contribution in [2.45, 2.75) is 30.8 Å². The summed E-state index contributed by atoms with van der Waals surface area (Å²) >= 11 is 0. The van der Waals surface area contributed by atoms with E-state index >= 15 is 0 Å². The molecule has 9 nitrogen and oxygen atoms in total. The SMILES string of the molecule is COC(=O)c1cc(NC(=O)C2CC3CCCN3C23C(=O)N(C)c2ccccc23)cc(C(=O)OC)c1. The zero-order chi connectivity index (χ0) is 24.9. The molecule has 0 aliphatic carbocycles. The maximum absolute atomic E-state index is 13.8. The number of carbonyl (C=O) groups excluding carboxylic acids is 4. The van der Waals surface area contributed by atoms with E-state index < -0.39 is 23.4 Å².